The Labute approximate surface area is 98.7 Å². The van der Waals surface area contributed by atoms with Crippen molar-refractivity contribution in [2.24, 2.45) is 0 Å². The van der Waals surface area contributed by atoms with Crippen LogP contribution in [0.2, 0.25) is 0 Å². The van der Waals surface area contributed by atoms with E-state index in [0.29, 0.717) is 12.0 Å². The fourth-order valence-electron chi connectivity index (χ4n) is 0.952. The van der Waals surface area contributed by atoms with Crippen LogP contribution >= 0.6 is 0 Å². The standard InChI is InChI=1S/C9H10O3.Na/c10-8-4-2-1-3-7(8)5-6-9(11)12;/h1-4,10H,5-6H2,(H,11,12);/q;+1/p-1. The summed E-state index contributed by atoms with van der Waals surface area (Å²) >= 11 is 0. The average molecular weight is 188 g/mol. The number of hydrogen-bond acceptors (Lipinski definition) is 2. The van der Waals surface area contributed by atoms with Crippen molar-refractivity contribution in [2.45, 2.75) is 12.8 Å². The van der Waals surface area contributed by atoms with Crippen LogP contribution in [0.4, 0.5) is 0 Å². The van der Waals surface area contributed by atoms with E-state index in [1.165, 1.54) is 6.07 Å². The van der Waals surface area contributed by atoms with E-state index in [0.717, 1.165) is 0 Å². The van der Waals surface area contributed by atoms with Gasteiger partial charge in [-0.05, 0) is 6.42 Å². The zero-order valence-corrected chi connectivity index (χ0v) is 9.49. The number of carbonyl (C=O) groups is 1. The van der Waals surface area contributed by atoms with Crippen LogP contribution in [-0.4, -0.2) is 11.1 Å². The van der Waals surface area contributed by atoms with Crippen molar-refractivity contribution in [2.75, 3.05) is 0 Å². The Balaban J connectivity index is 0.00000144. The molecule has 0 fully saturated rings. The van der Waals surface area contributed by atoms with E-state index in [2.05, 4.69) is 0 Å². The number of rotatable bonds is 3. The first kappa shape index (κ1) is 12.5. The van der Waals surface area contributed by atoms with Gasteiger partial charge in [0.15, 0.2) is 0 Å². The van der Waals surface area contributed by atoms with Crippen LogP contribution in [0, 0.1) is 0 Å². The molecule has 0 aromatic heterocycles. The first-order chi connectivity index (χ1) is 5.70. The molecule has 0 aliphatic carbocycles. The Bertz CT molecular complexity index is 286. The van der Waals surface area contributed by atoms with E-state index in [9.17, 15) is 9.90 Å². The third-order valence-electron chi connectivity index (χ3n) is 1.58. The molecule has 4 heteroatoms. The van der Waals surface area contributed by atoms with Gasteiger partial charge in [-0.2, -0.15) is 0 Å². The van der Waals surface area contributed by atoms with E-state index in [4.69, 9.17) is 5.11 Å². The molecule has 0 heterocycles. The van der Waals surface area contributed by atoms with Crippen molar-refractivity contribution in [1.29, 1.82) is 0 Å². The summed E-state index contributed by atoms with van der Waals surface area (Å²) in [4.78, 5) is 10.2. The Hall–Kier alpha value is -0.510. The van der Waals surface area contributed by atoms with E-state index >= 15 is 0 Å². The molecule has 0 saturated carbocycles. The van der Waals surface area contributed by atoms with Gasteiger partial charge in [-0.25, -0.2) is 0 Å². The van der Waals surface area contributed by atoms with Crippen molar-refractivity contribution < 1.29 is 44.6 Å². The third kappa shape index (κ3) is 4.31. The minimum absolute atomic E-state index is 0. The molecule has 1 N–H and O–H groups in total. The topological polar surface area (TPSA) is 60.4 Å². The van der Waals surface area contributed by atoms with Crippen LogP contribution in [0.25, 0.3) is 0 Å². The Kier molecular flexibility index (Phi) is 5.79. The molecule has 0 unspecified atom stereocenters. The minimum atomic E-state index is -0.877. The fraction of sp³-hybridized carbons (Fsp3) is 0.222. The molecule has 0 bridgehead atoms. The number of para-hydroxylation sites is 1. The second-order valence-corrected chi connectivity index (χ2v) is 2.50. The summed E-state index contributed by atoms with van der Waals surface area (Å²) < 4.78 is 0. The Morgan fingerprint density at radius 3 is 2.54 bits per heavy atom. The predicted octanol–water partition coefficient (Wildman–Crippen LogP) is -2.22. The quantitative estimate of drug-likeness (QED) is 0.547. The summed E-state index contributed by atoms with van der Waals surface area (Å²) in [6.07, 6.45) is 0.328. The molecular weight excluding hydrogens is 179 g/mol. The third-order valence-corrected chi connectivity index (χ3v) is 1.58. The molecule has 1 rings (SSSR count). The zero-order valence-electron chi connectivity index (χ0n) is 7.49. The van der Waals surface area contributed by atoms with Gasteiger partial charge in [0.25, 0.3) is 0 Å². The van der Waals surface area contributed by atoms with Crippen LogP contribution in [0.15, 0.2) is 24.3 Å². The van der Waals surface area contributed by atoms with Gasteiger partial charge in [0.05, 0.1) is 0 Å². The van der Waals surface area contributed by atoms with Crippen LogP contribution in [-0.2, 0) is 11.2 Å². The largest absolute Gasteiger partial charge is 1.00 e. The van der Waals surface area contributed by atoms with Gasteiger partial charge in [0.2, 0.25) is 0 Å². The molecule has 0 atom stereocenters. The maximum absolute atomic E-state index is 11.0. The van der Waals surface area contributed by atoms with Crippen LogP contribution in [0.5, 0.6) is 5.75 Å². The van der Waals surface area contributed by atoms with Gasteiger partial charge in [-0.15, -0.1) is 5.75 Å². The van der Waals surface area contributed by atoms with Crippen LogP contribution in [0.1, 0.15) is 12.0 Å². The average Bonchev–Trinajstić information content (AvgIpc) is 2.03. The number of aliphatic carboxylic acids is 1. The van der Waals surface area contributed by atoms with Gasteiger partial charge in [-0.3, -0.25) is 4.79 Å². The Morgan fingerprint density at radius 2 is 2.00 bits per heavy atom. The number of benzene rings is 1. The predicted molar refractivity (Wildman–Crippen MR) is 41.8 cm³/mol. The first-order valence-corrected chi connectivity index (χ1v) is 3.67. The van der Waals surface area contributed by atoms with Gasteiger partial charge < -0.3 is 10.2 Å². The minimum Gasteiger partial charge on any atom is -0.872 e. The molecule has 0 spiro atoms. The number of carboxylic acid groups (broad SMARTS) is 1. The van der Waals surface area contributed by atoms with Crippen molar-refractivity contribution in [3.8, 4) is 5.75 Å². The summed E-state index contributed by atoms with van der Waals surface area (Å²) in [5.41, 5.74) is 0.569. The van der Waals surface area contributed by atoms with E-state index in [1.54, 1.807) is 18.2 Å². The van der Waals surface area contributed by atoms with Crippen molar-refractivity contribution in [1.82, 2.24) is 0 Å². The van der Waals surface area contributed by atoms with Gasteiger partial charge in [0.1, 0.15) is 0 Å². The second-order valence-electron chi connectivity index (χ2n) is 2.50. The molecule has 64 valence electrons. The maximum Gasteiger partial charge on any atom is 1.00 e. The monoisotopic (exact) mass is 188 g/mol. The summed E-state index contributed by atoms with van der Waals surface area (Å²) in [7, 11) is 0. The summed E-state index contributed by atoms with van der Waals surface area (Å²) in [5, 5.41) is 19.4. The van der Waals surface area contributed by atoms with Gasteiger partial charge in [-0.1, -0.05) is 29.8 Å². The van der Waals surface area contributed by atoms with Gasteiger partial charge >= 0.3 is 35.5 Å². The SMILES string of the molecule is O=C(O)CCc1ccccc1[O-].[Na+]. The normalized spacial score (nSPS) is 8.92. The molecule has 3 nitrogen and oxygen atoms in total. The zero-order chi connectivity index (χ0) is 8.97. The van der Waals surface area contributed by atoms with Crippen LogP contribution < -0.4 is 34.7 Å². The summed E-state index contributed by atoms with van der Waals surface area (Å²) in [6, 6.07) is 6.48. The summed E-state index contributed by atoms with van der Waals surface area (Å²) in [5.74, 6) is -0.961. The van der Waals surface area contributed by atoms with E-state index < -0.39 is 5.97 Å². The number of hydrogen-bond donors (Lipinski definition) is 1. The molecule has 0 amide bonds. The summed E-state index contributed by atoms with van der Waals surface area (Å²) in [6.45, 7) is 0. The fourth-order valence-corrected chi connectivity index (χ4v) is 0.952. The molecule has 1 aromatic rings. The smallest absolute Gasteiger partial charge is 0.872 e. The Morgan fingerprint density at radius 1 is 1.38 bits per heavy atom. The molecule has 0 aliphatic rings. The molecule has 0 saturated heterocycles. The van der Waals surface area contributed by atoms with Crippen molar-refractivity contribution >= 4 is 5.97 Å². The van der Waals surface area contributed by atoms with Crippen molar-refractivity contribution in [3.05, 3.63) is 29.8 Å². The number of carboxylic acids is 1. The number of aryl methyl sites for hydroxylation is 1. The molecule has 1 aromatic carbocycles. The molecular formula is C9H9NaO3. The van der Waals surface area contributed by atoms with Crippen LogP contribution in [0.3, 0.4) is 0 Å². The van der Waals surface area contributed by atoms with Gasteiger partial charge in [0, 0.05) is 6.42 Å². The molecule has 0 aliphatic heterocycles. The van der Waals surface area contributed by atoms with E-state index in [-0.39, 0.29) is 41.7 Å². The maximum atomic E-state index is 11.0. The van der Waals surface area contributed by atoms with E-state index in [1.807, 2.05) is 0 Å². The first-order valence-electron chi connectivity index (χ1n) is 3.67. The molecule has 0 radical (unpaired) electrons. The molecule has 13 heavy (non-hydrogen) atoms. The van der Waals surface area contributed by atoms with Crippen molar-refractivity contribution in [3.63, 3.8) is 0 Å². The second kappa shape index (κ2) is 6.02.